The van der Waals surface area contributed by atoms with Crippen LogP contribution in [0.15, 0.2) is 0 Å². The van der Waals surface area contributed by atoms with Crippen LogP contribution in [-0.2, 0) is 0 Å². The topological polar surface area (TPSA) is 26.0 Å². The van der Waals surface area contributed by atoms with Crippen molar-refractivity contribution in [2.75, 3.05) is 0 Å². The van der Waals surface area contributed by atoms with Gasteiger partial charge < -0.3 is 5.73 Å². The average Bonchev–Trinajstić information content (AvgIpc) is 2.17. The number of rotatable bonds is 1. The van der Waals surface area contributed by atoms with E-state index in [2.05, 4.69) is 0 Å². The Kier molecular flexibility index (Phi) is 2.63. The van der Waals surface area contributed by atoms with Crippen molar-refractivity contribution in [3.8, 4) is 0 Å². The highest BCUT2D eigenvalue weighted by Gasteiger charge is 2.40. The van der Waals surface area contributed by atoms with Crippen LogP contribution < -0.4 is 5.73 Å². The molecule has 1 saturated carbocycles. The van der Waals surface area contributed by atoms with E-state index in [0.29, 0.717) is 6.42 Å². The Balaban J connectivity index is 0.000000490. The fraction of sp³-hybridized carbons (Fsp3) is 1.00. The van der Waals surface area contributed by atoms with Crippen LogP contribution in [-0.4, -0.2) is 12.5 Å². The van der Waals surface area contributed by atoms with Crippen molar-refractivity contribution in [3.05, 3.63) is 0 Å². The van der Waals surface area contributed by atoms with Gasteiger partial charge in [-0.3, -0.25) is 0 Å². The van der Waals surface area contributed by atoms with Gasteiger partial charge in [-0.2, -0.15) is 0 Å². The maximum Gasteiger partial charge on any atom is 0.242 e. The van der Waals surface area contributed by atoms with Gasteiger partial charge in [-0.15, -0.1) is 12.4 Å². The fourth-order valence-corrected chi connectivity index (χ4v) is 0.525. The van der Waals surface area contributed by atoms with Crippen LogP contribution in [0.1, 0.15) is 6.42 Å². The summed E-state index contributed by atoms with van der Waals surface area (Å²) in [5.41, 5.74) is 5.09. The van der Waals surface area contributed by atoms with E-state index in [9.17, 15) is 8.78 Å². The molecule has 1 nitrogen and oxygen atoms in total. The molecule has 2 N–H and O–H groups in total. The molecule has 0 aliphatic heterocycles. The van der Waals surface area contributed by atoms with Crippen molar-refractivity contribution in [1.29, 1.82) is 0 Å². The summed E-state index contributed by atoms with van der Waals surface area (Å²) in [7, 11) is 0. The molecule has 0 spiro atoms. The predicted octanol–water partition coefficient (Wildman–Crippen LogP) is 1.02. The van der Waals surface area contributed by atoms with Gasteiger partial charge in [0.25, 0.3) is 0 Å². The van der Waals surface area contributed by atoms with Crippen molar-refractivity contribution in [2.45, 2.75) is 18.9 Å². The van der Waals surface area contributed by atoms with Crippen molar-refractivity contribution >= 4 is 12.4 Å². The summed E-state index contributed by atoms with van der Waals surface area (Å²) in [6.45, 7) is 0. The quantitative estimate of drug-likeness (QED) is 0.583. The molecule has 8 heavy (non-hydrogen) atoms. The van der Waals surface area contributed by atoms with Crippen LogP contribution in [0.4, 0.5) is 8.78 Å². The SMILES string of the molecule is Cl.N[C@H]1C[C@@H]1C(F)F. The highest BCUT2D eigenvalue weighted by molar-refractivity contribution is 5.85. The van der Waals surface area contributed by atoms with Crippen molar-refractivity contribution in [2.24, 2.45) is 11.7 Å². The molecule has 0 amide bonds. The van der Waals surface area contributed by atoms with Gasteiger partial charge >= 0.3 is 0 Å². The summed E-state index contributed by atoms with van der Waals surface area (Å²) in [4.78, 5) is 0. The van der Waals surface area contributed by atoms with Crippen LogP contribution in [0, 0.1) is 5.92 Å². The minimum atomic E-state index is -2.19. The van der Waals surface area contributed by atoms with E-state index in [1.807, 2.05) is 0 Å². The Bertz CT molecular complexity index is 78.4. The van der Waals surface area contributed by atoms with E-state index in [1.165, 1.54) is 0 Å². The first-order valence-electron chi connectivity index (χ1n) is 2.25. The van der Waals surface area contributed by atoms with Gasteiger partial charge in [0, 0.05) is 12.0 Å². The Morgan fingerprint density at radius 2 is 1.88 bits per heavy atom. The summed E-state index contributed by atoms with van der Waals surface area (Å²) in [6, 6.07) is -0.208. The first-order chi connectivity index (χ1) is 3.22. The third-order valence-corrected chi connectivity index (χ3v) is 1.21. The summed E-state index contributed by atoms with van der Waals surface area (Å²) in [5, 5.41) is 0. The fourth-order valence-electron chi connectivity index (χ4n) is 0.525. The molecule has 0 aromatic rings. The Labute approximate surface area is 52.7 Å². The van der Waals surface area contributed by atoms with E-state index in [-0.39, 0.29) is 18.4 Å². The zero-order valence-corrected chi connectivity index (χ0v) is 5.00. The largest absolute Gasteiger partial charge is 0.327 e. The summed E-state index contributed by atoms with van der Waals surface area (Å²) in [5.74, 6) is -0.486. The zero-order chi connectivity index (χ0) is 5.44. The molecule has 0 heterocycles. The lowest BCUT2D eigenvalue weighted by molar-refractivity contribution is 0.121. The van der Waals surface area contributed by atoms with Gasteiger partial charge in [0.05, 0.1) is 0 Å². The van der Waals surface area contributed by atoms with Crippen LogP contribution >= 0.6 is 12.4 Å². The van der Waals surface area contributed by atoms with E-state index in [1.54, 1.807) is 0 Å². The molecule has 0 bridgehead atoms. The van der Waals surface area contributed by atoms with E-state index in [4.69, 9.17) is 5.73 Å². The molecule has 0 radical (unpaired) electrons. The second kappa shape index (κ2) is 2.60. The number of nitrogens with two attached hydrogens (primary N) is 1. The zero-order valence-electron chi connectivity index (χ0n) is 4.18. The Morgan fingerprint density at radius 1 is 1.50 bits per heavy atom. The van der Waals surface area contributed by atoms with Gasteiger partial charge in [-0.25, -0.2) is 8.78 Å². The molecule has 50 valence electrons. The highest BCUT2D eigenvalue weighted by atomic mass is 35.5. The molecule has 1 aliphatic rings. The van der Waals surface area contributed by atoms with Crippen LogP contribution in [0.3, 0.4) is 0 Å². The van der Waals surface area contributed by atoms with Gasteiger partial charge in [-0.05, 0) is 6.42 Å². The normalized spacial score (nSPS) is 34.5. The molecule has 0 unspecified atom stereocenters. The van der Waals surface area contributed by atoms with Gasteiger partial charge in [-0.1, -0.05) is 0 Å². The van der Waals surface area contributed by atoms with Crippen molar-refractivity contribution in [1.82, 2.24) is 0 Å². The van der Waals surface area contributed by atoms with Gasteiger partial charge in [0.1, 0.15) is 0 Å². The number of alkyl halides is 2. The Morgan fingerprint density at radius 3 is 1.88 bits per heavy atom. The Hall–Kier alpha value is 0.110. The maximum absolute atomic E-state index is 11.4. The third kappa shape index (κ3) is 1.56. The minimum Gasteiger partial charge on any atom is -0.327 e. The molecular formula is C4H8ClF2N. The van der Waals surface area contributed by atoms with E-state index < -0.39 is 12.3 Å². The lowest BCUT2D eigenvalue weighted by Crippen LogP contribution is -2.06. The monoisotopic (exact) mass is 143 g/mol. The van der Waals surface area contributed by atoms with E-state index in [0.717, 1.165) is 0 Å². The maximum atomic E-state index is 11.4. The smallest absolute Gasteiger partial charge is 0.242 e. The molecule has 1 aliphatic carbocycles. The highest BCUT2D eigenvalue weighted by Crippen LogP contribution is 2.33. The van der Waals surface area contributed by atoms with Gasteiger partial charge in [0.15, 0.2) is 0 Å². The molecule has 4 heteroatoms. The first-order valence-corrected chi connectivity index (χ1v) is 2.25. The minimum absolute atomic E-state index is 0. The summed E-state index contributed by atoms with van der Waals surface area (Å²) < 4.78 is 22.8. The molecule has 1 rings (SSSR count). The standard InChI is InChI=1S/C4H7F2N.ClH/c5-4(6)2-1-3(2)7;/h2-4H,1,7H2;1H/t2-,3-;/m0./s1. The molecule has 0 saturated heterocycles. The van der Waals surface area contributed by atoms with Crippen LogP contribution in [0.2, 0.25) is 0 Å². The van der Waals surface area contributed by atoms with Crippen LogP contribution in [0.25, 0.3) is 0 Å². The lowest BCUT2D eigenvalue weighted by atomic mass is 10.4. The molecular weight excluding hydrogens is 136 g/mol. The number of hydrogen-bond acceptors (Lipinski definition) is 1. The van der Waals surface area contributed by atoms with Crippen LogP contribution in [0.5, 0.6) is 0 Å². The summed E-state index contributed by atoms with van der Waals surface area (Å²) in [6.07, 6.45) is -1.67. The third-order valence-electron chi connectivity index (χ3n) is 1.21. The first kappa shape index (κ1) is 8.11. The van der Waals surface area contributed by atoms with Crippen molar-refractivity contribution < 1.29 is 8.78 Å². The average molecular weight is 144 g/mol. The second-order valence-electron chi connectivity index (χ2n) is 1.90. The second-order valence-corrected chi connectivity index (χ2v) is 1.90. The molecule has 0 aromatic heterocycles. The number of halogens is 3. The molecule has 2 atom stereocenters. The number of hydrogen-bond donors (Lipinski definition) is 1. The van der Waals surface area contributed by atoms with E-state index >= 15 is 0 Å². The summed E-state index contributed by atoms with van der Waals surface area (Å²) >= 11 is 0. The lowest BCUT2D eigenvalue weighted by Gasteiger charge is -1.88. The molecule has 1 fully saturated rings. The predicted molar refractivity (Wildman–Crippen MR) is 29.3 cm³/mol. The van der Waals surface area contributed by atoms with Gasteiger partial charge in [0.2, 0.25) is 6.43 Å². The molecule has 0 aromatic carbocycles. The van der Waals surface area contributed by atoms with Crippen molar-refractivity contribution in [3.63, 3.8) is 0 Å².